The third kappa shape index (κ3) is 8.84. The number of carbonyl (C=O) groups is 1. The van der Waals surface area contributed by atoms with E-state index in [0.717, 1.165) is 0 Å². The van der Waals surface area contributed by atoms with Gasteiger partial charge in [0.15, 0.2) is 0 Å². The monoisotopic (exact) mass is 114 g/mol. The molecule has 0 atom stereocenters. The van der Waals surface area contributed by atoms with Gasteiger partial charge >= 0.3 is 39.7 Å². The Morgan fingerprint density at radius 3 is 2.00 bits per heavy atom. The third-order valence-corrected chi connectivity index (χ3v) is 0.862. The molecule has 0 aliphatic rings. The molecule has 32 valence electrons. The van der Waals surface area contributed by atoms with Crippen LogP contribution in [0, 0.1) is 0 Å². The van der Waals surface area contributed by atoms with E-state index in [1.54, 1.807) is 0 Å². The average Bonchev–Trinajstić information content (AvgIpc) is 1.38. The van der Waals surface area contributed by atoms with Gasteiger partial charge in [0.25, 0.3) is 5.97 Å². The summed E-state index contributed by atoms with van der Waals surface area (Å²) >= 11 is 0.524. The highest BCUT2D eigenvalue weighted by Gasteiger charge is 1.74. The fourth-order valence-corrected chi connectivity index (χ4v) is 0. The van der Waals surface area contributed by atoms with E-state index in [-0.39, 0.29) is 29.0 Å². The average molecular weight is 114 g/mol. The molecule has 0 radical (unpaired) electrons. The standard InChI is InChI=1S/C2H4O2.Al.Mg.4H/c1-2(3)4;;;;;;/h1H3,(H,3,4);;;;;;/q;+1;;;;;/p-1. The van der Waals surface area contributed by atoms with Gasteiger partial charge in [0.2, 0.25) is 0 Å². The predicted molar refractivity (Wildman–Crippen MR) is 28.9 cm³/mol. The Hall–Kier alpha value is 0.769. The van der Waals surface area contributed by atoms with Crippen molar-refractivity contribution in [2.45, 2.75) is 6.92 Å². The maximum Gasteiger partial charge on any atom is 0.499 e. The zero-order valence-corrected chi connectivity index (χ0v) is 5.32. The molecule has 4 heteroatoms. The van der Waals surface area contributed by atoms with Crippen LogP contribution in [0.3, 0.4) is 0 Å². The van der Waals surface area contributed by atoms with Crippen LogP contribution in [-0.4, -0.2) is 45.6 Å². The molecule has 0 spiro atoms. The van der Waals surface area contributed by atoms with Crippen LogP contribution in [0.25, 0.3) is 0 Å². The molecule has 0 aliphatic carbocycles. The lowest BCUT2D eigenvalue weighted by Crippen LogP contribution is -1.90. The van der Waals surface area contributed by atoms with Crippen LogP contribution in [-0.2, 0) is 8.58 Å². The van der Waals surface area contributed by atoms with E-state index in [1.165, 1.54) is 6.92 Å². The lowest BCUT2D eigenvalue weighted by atomic mass is 10.9. The lowest BCUT2D eigenvalue weighted by molar-refractivity contribution is -0.131. The Morgan fingerprint density at radius 1 is 1.83 bits per heavy atom. The van der Waals surface area contributed by atoms with Crippen molar-refractivity contribution in [2.24, 2.45) is 0 Å². The van der Waals surface area contributed by atoms with Crippen LogP contribution < -0.4 is 0 Å². The van der Waals surface area contributed by atoms with Crippen molar-refractivity contribution in [1.82, 2.24) is 0 Å². The quantitative estimate of drug-likeness (QED) is 0.347. The number of hydrogen-bond donors (Lipinski definition) is 0. The summed E-state index contributed by atoms with van der Waals surface area (Å²) in [5.74, 6) is -0.184. The summed E-state index contributed by atoms with van der Waals surface area (Å²) in [5.41, 5.74) is 0. The Balaban J connectivity index is 0. The number of hydrogen-bond acceptors (Lipinski definition) is 2. The Bertz CT molecular complexity index is 46.8. The summed E-state index contributed by atoms with van der Waals surface area (Å²) in [7, 11) is 0. The number of rotatable bonds is 0. The van der Waals surface area contributed by atoms with E-state index in [2.05, 4.69) is 3.79 Å². The molecule has 0 heterocycles. The van der Waals surface area contributed by atoms with Gasteiger partial charge in [-0.25, -0.2) is 0 Å². The smallest absolute Gasteiger partial charge is 0.499 e. The van der Waals surface area contributed by atoms with Gasteiger partial charge in [-0.1, -0.05) is 0 Å². The summed E-state index contributed by atoms with van der Waals surface area (Å²) in [6.07, 6.45) is 0. The van der Waals surface area contributed by atoms with E-state index >= 15 is 0 Å². The minimum Gasteiger partial charge on any atom is -0.622 e. The highest BCUT2D eigenvalue weighted by Crippen LogP contribution is 1.58. The predicted octanol–water partition coefficient (Wildman–Crippen LogP) is -1.82. The fraction of sp³-hybridized carbons (Fsp3) is 0.500. The molecular weight excluding hydrogens is 107 g/mol. The molecule has 6 heavy (non-hydrogen) atoms. The van der Waals surface area contributed by atoms with Crippen molar-refractivity contribution in [1.29, 1.82) is 0 Å². The molecule has 0 N–H and O–H groups in total. The summed E-state index contributed by atoms with van der Waals surface area (Å²) in [6.45, 7) is 1.40. The maximum absolute atomic E-state index is 9.62. The molecule has 0 aromatic carbocycles. The topological polar surface area (TPSA) is 26.3 Å². The van der Waals surface area contributed by atoms with Crippen molar-refractivity contribution >= 4 is 45.6 Å². The van der Waals surface area contributed by atoms with Gasteiger partial charge in [0, 0.05) is 6.92 Å². The van der Waals surface area contributed by atoms with Crippen molar-refractivity contribution in [3.8, 4) is 0 Å². The Morgan fingerprint density at radius 2 is 2.00 bits per heavy atom. The fourth-order valence-electron chi connectivity index (χ4n) is 0. The minimum absolute atomic E-state index is 0. The molecule has 0 saturated heterocycles. The summed E-state index contributed by atoms with van der Waals surface area (Å²) in [5, 5.41) is 0. The van der Waals surface area contributed by atoms with Gasteiger partial charge < -0.3 is 3.79 Å². The van der Waals surface area contributed by atoms with Gasteiger partial charge in [0.1, 0.15) is 0 Å². The van der Waals surface area contributed by atoms with Crippen LogP contribution in [0.2, 0.25) is 0 Å². The number of carbonyl (C=O) groups excluding carboxylic acids is 1. The first-order chi connectivity index (χ1) is 2.27. The third-order valence-electron chi connectivity index (χ3n) is 0.287. The highest BCUT2D eigenvalue weighted by atomic mass is 27.1. The molecule has 0 fully saturated rings. The van der Waals surface area contributed by atoms with E-state index in [9.17, 15) is 4.79 Å². The molecule has 0 amide bonds. The first kappa shape index (κ1) is 9.91. The molecule has 0 aromatic rings. The van der Waals surface area contributed by atoms with Gasteiger partial charge in [-0.2, -0.15) is 0 Å². The Labute approximate surface area is 61.1 Å². The van der Waals surface area contributed by atoms with E-state index < -0.39 is 0 Å². The van der Waals surface area contributed by atoms with Crippen LogP contribution in [0.15, 0.2) is 0 Å². The first-order valence-electron chi connectivity index (χ1n) is 1.32. The maximum atomic E-state index is 9.62. The minimum atomic E-state index is -0.184. The molecule has 0 saturated carbocycles. The molecule has 0 aliphatic heterocycles. The van der Waals surface area contributed by atoms with Crippen molar-refractivity contribution in [3.63, 3.8) is 0 Å². The normalized spacial score (nSPS) is 5.50. The van der Waals surface area contributed by atoms with Crippen molar-refractivity contribution in [3.05, 3.63) is 0 Å². The van der Waals surface area contributed by atoms with Gasteiger partial charge in [-0.15, -0.1) is 0 Å². The van der Waals surface area contributed by atoms with E-state index in [1.807, 2.05) is 0 Å². The largest absolute Gasteiger partial charge is 0.622 e. The second-order valence-corrected chi connectivity index (χ2v) is 1.10. The molecule has 0 aromatic heterocycles. The highest BCUT2D eigenvalue weighted by molar-refractivity contribution is 6.04. The summed E-state index contributed by atoms with van der Waals surface area (Å²) in [6, 6.07) is 0. The van der Waals surface area contributed by atoms with Gasteiger partial charge in [-0.05, 0) is 0 Å². The molecule has 0 bridgehead atoms. The second kappa shape index (κ2) is 5.77. The van der Waals surface area contributed by atoms with Crippen molar-refractivity contribution in [2.75, 3.05) is 0 Å². The van der Waals surface area contributed by atoms with Crippen LogP contribution in [0.5, 0.6) is 0 Å². The summed E-state index contributed by atoms with van der Waals surface area (Å²) in [4.78, 5) is 9.62. The molecule has 2 nitrogen and oxygen atoms in total. The van der Waals surface area contributed by atoms with Crippen molar-refractivity contribution < 1.29 is 8.58 Å². The molecule has 0 rings (SSSR count). The van der Waals surface area contributed by atoms with E-state index in [4.69, 9.17) is 0 Å². The Kier molecular flexibility index (Phi) is 9.52. The SMILES string of the molecule is CC(=O)[O][AlH2].[MgH2]. The van der Waals surface area contributed by atoms with E-state index in [0.29, 0.717) is 16.6 Å². The molecule has 0 unspecified atom stereocenters. The van der Waals surface area contributed by atoms with Gasteiger partial charge in [0.05, 0.1) is 0 Å². The summed E-state index contributed by atoms with van der Waals surface area (Å²) < 4.78 is 4.25. The molecular formula is C2H7AlMgO2. The first-order valence-corrected chi connectivity index (χ1v) is 2.13. The zero-order valence-electron chi connectivity index (χ0n) is 3.32. The second-order valence-electron chi connectivity index (χ2n) is 0.696. The zero-order chi connectivity index (χ0) is 4.28. The lowest BCUT2D eigenvalue weighted by Gasteiger charge is -1.84. The van der Waals surface area contributed by atoms with Crippen LogP contribution in [0.4, 0.5) is 0 Å². The van der Waals surface area contributed by atoms with Crippen LogP contribution in [0.1, 0.15) is 6.92 Å². The van der Waals surface area contributed by atoms with Crippen LogP contribution >= 0.6 is 0 Å². The van der Waals surface area contributed by atoms with Gasteiger partial charge in [-0.3, -0.25) is 4.79 Å².